The number of nitrogens with zero attached hydrogens (tertiary/aromatic N) is 2. The molecule has 1 amide bonds. The molecule has 2 rings (SSSR count). The summed E-state index contributed by atoms with van der Waals surface area (Å²) in [6, 6.07) is 0.913. The maximum Gasteiger partial charge on any atom is 0.410 e. The molecule has 0 spiro atoms. The van der Waals surface area contributed by atoms with Gasteiger partial charge < -0.3 is 20.3 Å². The smallest absolute Gasteiger partial charge is 0.410 e. The molecule has 2 N–H and O–H groups in total. The van der Waals surface area contributed by atoms with Gasteiger partial charge in [0.05, 0.1) is 0 Å². The summed E-state index contributed by atoms with van der Waals surface area (Å²) in [4.78, 5) is 18.9. The van der Waals surface area contributed by atoms with Gasteiger partial charge in [0.25, 0.3) is 0 Å². The zero-order chi connectivity index (χ0) is 19.3. The topological polar surface area (TPSA) is 66.0 Å². The summed E-state index contributed by atoms with van der Waals surface area (Å²) in [5.74, 6) is 1.56. The zero-order valence-electron chi connectivity index (χ0n) is 17.5. The Hall–Kier alpha value is -1.46. The Morgan fingerprint density at radius 3 is 2.23 bits per heavy atom. The molecule has 2 bridgehead atoms. The highest BCUT2D eigenvalue weighted by Crippen LogP contribution is 2.36. The van der Waals surface area contributed by atoms with E-state index in [4.69, 9.17) is 4.74 Å². The number of guanidine groups is 1. The monoisotopic (exact) mass is 366 g/mol. The van der Waals surface area contributed by atoms with Crippen molar-refractivity contribution < 1.29 is 9.53 Å². The van der Waals surface area contributed by atoms with Crippen molar-refractivity contribution in [3.05, 3.63) is 0 Å². The highest BCUT2D eigenvalue weighted by atomic mass is 16.6. The van der Waals surface area contributed by atoms with Gasteiger partial charge in [-0.15, -0.1) is 0 Å². The van der Waals surface area contributed by atoms with Crippen LogP contribution in [-0.2, 0) is 4.74 Å². The van der Waals surface area contributed by atoms with Gasteiger partial charge in [-0.05, 0) is 52.4 Å². The summed E-state index contributed by atoms with van der Waals surface area (Å²) >= 11 is 0. The fourth-order valence-corrected chi connectivity index (χ4v) is 4.11. The first-order valence-electron chi connectivity index (χ1n) is 10.3. The van der Waals surface area contributed by atoms with Gasteiger partial charge in [-0.3, -0.25) is 4.99 Å². The number of amides is 1. The molecule has 0 aromatic carbocycles. The quantitative estimate of drug-likeness (QED) is 0.577. The lowest BCUT2D eigenvalue weighted by molar-refractivity contribution is 0.00545. The van der Waals surface area contributed by atoms with E-state index in [1.54, 1.807) is 0 Å². The van der Waals surface area contributed by atoms with E-state index in [-0.39, 0.29) is 18.2 Å². The summed E-state index contributed by atoms with van der Waals surface area (Å²) in [6.07, 6.45) is 6.27. The van der Waals surface area contributed by atoms with Crippen molar-refractivity contribution >= 4 is 12.1 Å². The summed E-state index contributed by atoms with van der Waals surface area (Å²) in [5, 5.41) is 7.05. The lowest BCUT2D eigenvalue weighted by Crippen LogP contribution is -2.55. The minimum atomic E-state index is -0.438. The highest BCUT2D eigenvalue weighted by molar-refractivity contribution is 5.80. The minimum Gasteiger partial charge on any atom is -0.444 e. The summed E-state index contributed by atoms with van der Waals surface area (Å²) in [7, 11) is 1.83. The highest BCUT2D eigenvalue weighted by Gasteiger charge is 2.45. The minimum absolute atomic E-state index is 0.153. The fraction of sp³-hybridized carbons (Fsp3) is 0.900. The second-order valence-corrected chi connectivity index (χ2v) is 8.72. The Bertz CT molecular complexity index is 483. The van der Waals surface area contributed by atoms with Crippen molar-refractivity contribution in [3.8, 4) is 0 Å². The van der Waals surface area contributed by atoms with Gasteiger partial charge in [-0.1, -0.05) is 26.7 Å². The molecule has 2 aliphatic heterocycles. The Balaban J connectivity index is 1.88. The molecule has 2 heterocycles. The van der Waals surface area contributed by atoms with Gasteiger partial charge in [-0.25, -0.2) is 4.79 Å². The molecule has 2 atom stereocenters. The van der Waals surface area contributed by atoms with Gasteiger partial charge in [0.15, 0.2) is 5.96 Å². The van der Waals surface area contributed by atoms with Crippen LogP contribution in [0.5, 0.6) is 0 Å². The number of nitrogens with one attached hydrogen (secondary N) is 2. The number of fused-ring (bicyclic) bond motifs is 2. The van der Waals surface area contributed by atoms with E-state index in [0.29, 0.717) is 12.0 Å². The fourth-order valence-electron chi connectivity index (χ4n) is 4.11. The van der Waals surface area contributed by atoms with Gasteiger partial charge in [0.1, 0.15) is 5.60 Å². The zero-order valence-corrected chi connectivity index (χ0v) is 17.5. The van der Waals surface area contributed by atoms with Crippen LogP contribution in [-0.4, -0.2) is 54.3 Å². The predicted molar refractivity (Wildman–Crippen MR) is 106 cm³/mol. The molecule has 2 unspecified atom stereocenters. The normalized spacial score (nSPS) is 26.2. The Morgan fingerprint density at radius 1 is 1.19 bits per heavy atom. The Kier molecular flexibility index (Phi) is 7.18. The van der Waals surface area contributed by atoms with E-state index in [1.807, 2.05) is 32.7 Å². The van der Waals surface area contributed by atoms with Crippen LogP contribution in [0.4, 0.5) is 4.79 Å². The van der Waals surface area contributed by atoms with Crippen LogP contribution >= 0.6 is 0 Å². The lowest BCUT2D eigenvalue weighted by Gasteiger charge is -2.40. The van der Waals surface area contributed by atoms with E-state index in [2.05, 4.69) is 29.5 Å². The van der Waals surface area contributed by atoms with Gasteiger partial charge >= 0.3 is 6.09 Å². The third-order valence-electron chi connectivity index (χ3n) is 5.61. The maximum atomic E-state index is 12.6. The molecule has 6 heteroatoms. The van der Waals surface area contributed by atoms with Crippen molar-refractivity contribution in [2.45, 2.75) is 96.9 Å². The number of rotatable bonds is 5. The van der Waals surface area contributed by atoms with Gasteiger partial charge in [-0.2, -0.15) is 0 Å². The van der Waals surface area contributed by atoms with Crippen LogP contribution in [0.1, 0.15) is 73.1 Å². The van der Waals surface area contributed by atoms with Crippen molar-refractivity contribution in [2.75, 3.05) is 13.6 Å². The maximum absolute atomic E-state index is 12.6. The molecule has 0 radical (unpaired) electrons. The molecule has 0 aromatic heterocycles. The number of hydrogen-bond donors (Lipinski definition) is 2. The van der Waals surface area contributed by atoms with Crippen LogP contribution in [0.25, 0.3) is 0 Å². The van der Waals surface area contributed by atoms with Crippen LogP contribution in [0.15, 0.2) is 4.99 Å². The van der Waals surface area contributed by atoms with Crippen LogP contribution < -0.4 is 10.6 Å². The Morgan fingerprint density at radius 2 is 1.77 bits per heavy atom. The standard InChI is InChI=1S/C20H38N4O2/c1-7-14(8-2)13-22-18(21-6)23-15-11-16-9-10-17(12-15)24(16)19(25)26-20(3,4)5/h14-17H,7-13H2,1-6H3,(H2,21,22,23). The number of aliphatic imine (C=N–C) groups is 1. The molecular formula is C20H38N4O2. The average molecular weight is 367 g/mol. The van der Waals surface area contributed by atoms with Crippen molar-refractivity contribution in [3.63, 3.8) is 0 Å². The summed E-state index contributed by atoms with van der Waals surface area (Å²) < 4.78 is 5.62. The van der Waals surface area contributed by atoms with E-state index in [1.165, 1.54) is 12.8 Å². The third-order valence-corrected chi connectivity index (χ3v) is 5.61. The van der Waals surface area contributed by atoms with Crippen LogP contribution in [0.3, 0.4) is 0 Å². The van der Waals surface area contributed by atoms with Crippen molar-refractivity contribution in [2.24, 2.45) is 10.9 Å². The lowest BCUT2D eigenvalue weighted by atomic mass is 9.98. The van der Waals surface area contributed by atoms with Gasteiger partial charge in [0, 0.05) is 31.7 Å². The summed E-state index contributed by atoms with van der Waals surface area (Å²) in [5.41, 5.74) is -0.438. The van der Waals surface area contributed by atoms with Gasteiger partial charge in [0.2, 0.25) is 0 Å². The van der Waals surface area contributed by atoms with Crippen LogP contribution in [0.2, 0.25) is 0 Å². The number of hydrogen-bond acceptors (Lipinski definition) is 3. The largest absolute Gasteiger partial charge is 0.444 e. The molecule has 0 aromatic rings. The average Bonchev–Trinajstić information content (AvgIpc) is 2.84. The summed E-state index contributed by atoms with van der Waals surface area (Å²) in [6.45, 7) is 11.2. The molecule has 2 aliphatic rings. The molecular weight excluding hydrogens is 328 g/mol. The second kappa shape index (κ2) is 8.96. The van der Waals surface area contributed by atoms with E-state index in [9.17, 15) is 4.79 Å². The molecule has 150 valence electrons. The first-order chi connectivity index (χ1) is 12.3. The van der Waals surface area contributed by atoms with E-state index < -0.39 is 5.60 Å². The van der Waals surface area contributed by atoms with Crippen molar-refractivity contribution in [1.82, 2.24) is 15.5 Å². The van der Waals surface area contributed by atoms with E-state index in [0.717, 1.165) is 38.2 Å². The predicted octanol–water partition coefficient (Wildman–Crippen LogP) is 3.52. The molecule has 0 aliphatic carbocycles. The van der Waals surface area contributed by atoms with E-state index >= 15 is 0 Å². The molecule has 2 fully saturated rings. The molecule has 2 saturated heterocycles. The SMILES string of the molecule is CCC(CC)CNC(=NC)NC1CC2CCC(C1)N2C(=O)OC(C)(C)C. The number of carbonyl (C=O) groups is 1. The van der Waals surface area contributed by atoms with Crippen LogP contribution in [0, 0.1) is 5.92 Å². The Labute approximate surface area is 159 Å². The molecule has 26 heavy (non-hydrogen) atoms. The first kappa shape index (κ1) is 20.8. The number of piperidine rings is 1. The molecule has 6 nitrogen and oxygen atoms in total. The number of ether oxygens (including phenoxy) is 1. The first-order valence-corrected chi connectivity index (χ1v) is 10.3. The third kappa shape index (κ3) is 5.52. The number of carbonyl (C=O) groups excluding carboxylic acids is 1. The molecule has 0 saturated carbocycles. The second-order valence-electron chi connectivity index (χ2n) is 8.72. The van der Waals surface area contributed by atoms with Crippen molar-refractivity contribution in [1.29, 1.82) is 0 Å².